The van der Waals surface area contributed by atoms with Crippen molar-refractivity contribution in [2.45, 2.75) is 40.7 Å². The Kier molecular flexibility index (Phi) is 6.14. The maximum Gasteiger partial charge on any atom is 0.224 e. The third kappa shape index (κ3) is 4.60. The Morgan fingerprint density at radius 1 is 1.30 bits per heavy atom. The second-order valence-electron chi connectivity index (χ2n) is 5.82. The maximum absolute atomic E-state index is 13.5. The molecule has 0 spiro atoms. The topological polar surface area (TPSA) is 55.1 Å². The molecule has 112 valence electrons. The molecule has 0 saturated carbocycles. The van der Waals surface area contributed by atoms with E-state index in [1.165, 1.54) is 0 Å². The lowest BCUT2D eigenvalue weighted by Crippen LogP contribution is -2.35. The number of carbonyl (C=O) groups excluding carboxylic acids is 1. The van der Waals surface area contributed by atoms with Crippen molar-refractivity contribution >= 4 is 5.91 Å². The molecule has 1 aromatic rings. The lowest BCUT2D eigenvalue weighted by Gasteiger charge is -2.17. The SMILES string of the molecule is Cc1cc(CNC(=O)C(CN)CC(C)C)cc(C)c1F. The molecular formula is C16H25FN2O. The molecule has 0 bridgehead atoms. The van der Waals surface area contributed by atoms with E-state index in [4.69, 9.17) is 5.73 Å². The van der Waals surface area contributed by atoms with E-state index < -0.39 is 0 Å². The van der Waals surface area contributed by atoms with Crippen LogP contribution in [0.2, 0.25) is 0 Å². The smallest absolute Gasteiger partial charge is 0.224 e. The van der Waals surface area contributed by atoms with Gasteiger partial charge in [-0.3, -0.25) is 4.79 Å². The molecule has 4 heteroatoms. The minimum absolute atomic E-state index is 0.0270. The zero-order chi connectivity index (χ0) is 15.3. The highest BCUT2D eigenvalue weighted by molar-refractivity contribution is 5.78. The van der Waals surface area contributed by atoms with Crippen LogP contribution in [0.5, 0.6) is 0 Å². The Labute approximate surface area is 120 Å². The summed E-state index contributed by atoms with van der Waals surface area (Å²) in [6.07, 6.45) is 0.782. The first-order valence-electron chi connectivity index (χ1n) is 7.08. The summed E-state index contributed by atoms with van der Waals surface area (Å²) >= 11 is 0. The van der Waals surface area contributed by atoms with E-state index in [9.17, 15) is 9.18 Å². The Morgan fingerprint density at radius 3 is 2.30 bits per heavy atom. The molecule has 3 nitrogen and oxygen atoms in total. The Bertz CT molecular complexity index is 449. The van der Waals surface area contributed by atoms with Gasteiger partial charge in [0.25, 0.3) is 0 Å². The monoisotopic (exact) mass is 280 g/mol. The third-order valence-electron chi connectivity index (χ3n) is 3.37. The van der Waals surface area contributed by atoms with Gasteiger partial charge in [0.05, 0.1) is 5.92 Å². The van der Waals surface area contributed by atoms with E-state index >= 15 is 0 Å². The lowest BCUT2D eigenvalue weighted by atomic mass is 9.96. The van der Waals surface area contributed by atoms with Gasteiger partial charge < -0.3 is 11.1 Å². The lowest BCUT2D eigenvalue weighted by molar-refractivity contribution is -0.125. The summed E-state index contributed by atoms with van der Waals surface area (Å²) < 4.78 is 13.5. The summed E-state index contributed by atoms with van der Waals surface area (Å²) in [6, 6.07) is 3.53. The minimum atomic E-state index is -0.181. The number of hydrogen-bond acceptors (Lipinski definition) is 2. The molecule has 0 heterocycles. The van der Waals surface area contributed by atoms with Crippen LogP contribution < -0.4 is 11.1 Å². The Morgan fingerprint density at radius 2 is 1.85 bits per heavy atom. The van der Waals surface area contributed by atoms with Crippen molar-refractivity contribution < 1.29 is 9.18 Å². The molecule has 20 heavy (non-hydrogen) atoms. The molecule has 0 saturated heterocycles. The quantitative estimate of drug-likeness (QED) is 0.841. The standard InChI is InChI=1S/C16H25FN2O/c1-10(2)5-14(8-18)16(20)19-9-13-6-11(3)15(17)12(4)7-13/h6-7,10,14H,5,8-9,18H2,1-4H3,(H,19,20). The predicted molar refractivity (Wildman–Crippen MR) is 79.7 cm³/mol. The second-order valence-corrected chi connectivity index (χ2v) is 5.82. The third-order valence-corrected chi connectivity index (χ3v) is 3.37. The van der Waals surface area contributed by atoms with Crippen molar-refractivity contribution in [3.8, 4) is 0 Å². The van der Waals surface area contributed by atoms with Gasteiger partial charge in [-0.2, -0.15) is 0 Å². The van der Waals surface area contributed by atoms with E-state index in [1.807, 2.05) is 0 Å². The van der Waals surface area contributed by atoms with Crippen LogP contribution in [-0.2, 0) is 11.3 Å². The van der Waals surface area contributed by atoms with Crippen LogP contribution in [-0.4, -0.2) is 12.5 Å². The number of hydrogen-bond donors (Lipinski definition) is 2. The highest BCUT2D eigenvalue weighted by atomic mass is 19.1. The van der Waals surface area contributed by atoms with Gasteiger partial charge in [0.2, 0.25) is 5.91 Å². The average Bonchev–Trinajstić information content (AvgIpc) is 2.38. The van der Waals surface area contributed by atoms with Crippen molar-refractivity contribution in [1.29, 1.82) is 0 Å². The molecule has 0 aliphatic heterocycles. The first-order chi connectivity index (χ1) is 9.35. The van der Waals surface area contributed by atoms with Gasteiger partial charge in [-0.15, -0.1) is 0 Å². The van der Waals surface area contributed by atoms with Gasteiger partial charge >= 0.3 is 0 Å². The number of benzene rings is 1. The fraction of sp³-hybridized carbons (Fsp3) is 0.562. The fourth-order valence-electron chi connectivity index (χ4n) is 2.35. The van der Waals surface area contributed by atoms with Crippen molar-refractivity contribution in [2.24, 2.45) is 17.6 Å². The van der Waals surface area contributed by atoms with E-state index in [0.29, 0.717) is 30.1 Å². The van der Waals surface area contributed by atoms with Crippen molar-refractivity contribution in [1.82, 2.24) is 5.32 Å². The number of halogens is 1. The number of aryl methyl sites for hydroxylation is 2. The zero-order valence-corrected chi connectivity index (χ0v) is 12.8. The van der Waals surface area contributed by atoms with Crippen molar-refractivity contribution in [2.75, 3.05) is 6.54 Å². The van der Waals surface area contributed by atoms with Crippen LogP contribution in [0.3, 0.4) is 0 Å². The van der Waals surface area contributed by atoms with E-state index in [2.05, 4.69) is 19.2 Å². The van der Waals surface area contributed by atoms with Gasteiger partial charge in [0.15, 0.2) is 0 Å². The molecule has 0 aliphatic rings. The highest BCUT2D eigenvalue weighted by Crippen LogP contribution is 2.15. The first kappa shape index (κ1) is 16.6. The number of nitrogens with one attached hydrogen (secondary N) is 1. The number of nitrogens with two attached hydrogens (primary N) is 1. The zero-order valence-electron chi connectivity index (χ0n) is 12.8. The van der Waals surface area contributed by atoms with Crippen LogP contribution in [0.4, 0.5) is 4.39 Å². The minimum Gasteiger partial charge on any atom is -0.352 e. The summed E-state index contributed by atoms with van der Waals surface area (Å²) in [5, 5.41) is 2.89. The average molecular weight is 280 g/mol. The van der Waals surface area contributed by atoms with E-state index in [1.54, 1.807) is 26.0 Å². The van der Waals surface area contributed by atoms with Crippen molar-refractivity contribution in [3.63, 3.8) is 0 Å². The van der Waals surface area contributed by atoms with Gasteiger partial charge in [-0.25, -0.2) is 4.39 Å². The Balaban J connectivity index is 2.64. The Hall–Kier alpha value is -1.42. The summed E-state index contributed by atoms with van der Waals surface area (Å²) in [7, 11) is 0. The van der Waals surface area contributed by atoms with Crippen LogP contribution in [0.15, 0.2) is 12.1 Å². The number of amides is 1. The molecular weight excluding hydrogens is 255 g/mol. The molecule has 1 unspecified atom stereocenters. The van der Waals surface area contributed by atoms with Crippen LogP contribution in [0.1, 0.15) is 37.0 Å². The predicted octanol–water partition coefficient (Wildman–Crippen LogP) is 2.68. The van der Waals surface area contributed by atoms with Gasteiger partial charge in [-0.1, -0.05) is 26.0 Å². The van der Waals surface area contributed by atoms with E-state index in [-0.39, 0.29) is 17.6 Å². The fourth-order valence-corrected chi connectivity index (χ4v) is 2.35. The first-order valence-corrected chi connectivity index (χ1v) is 7.08. The number of rotatable bonds is 6. The molecule has 1 atom stereocenters. The highest BCUT2D eigenvalue weighted by Gasteiger charge is 2.17. The summed E-state index contributed by atoms with van der Waals surface area (Å²) in [4.78, 5) is 12.1. The van der Waals surface area contributed by atoms with Crippen LogP contribution in [0.25, 0.3) is 0 Å². The maximum atomic E-state index is 13.5. The molecule has 0 aliphatic carbocycles. The van der Waals surface area contributed by atoms with Crippen LogP contribution in [0, 0.1) is 31.5 Å². The number of carbonyl (C=O) groups is 1. The van der Waals surface area contributed by atoms with E-state index in [0.717, 1.165) is 12.0 Å². The molecule has 0 radical (unpaired) electrons. The normalized spacial score (nSPS) is 12.6. The van der Waals surface area contributed by atoms with Crippen molar-refractivity contribution in [3.05, 3.63) is 34.6 Å². The summed E-state index contributed by atoms with van der Waals surface area (Å²) in [6.45, 7) is 8.37. The van der Waals surface area contributed by atoms with Crippen LogP contribution >= 0.6 is 0 Å². The molecule has 0 fully saturated rings. The molecule has 3 N–H and O–H groups in total. The molecule has 1 aromatic carbocycles. The second kappa shape index (κ2) is 7.39. The summed E-state index contributed by atoms with van der Waals surface area (Å²) in [5.41, 5.74) is 7.77. The molecule has 1 rings (SSSR count). The molecule has 1 amide bonds. The van der Waals surface area contributed by atoms with Gasteiger partial charge in [0.1, 0.15) is 5.82 Å². The van der Waals surface area contributed by atoms with Gasteiger partial charge in [-0.05, 0) is 42.9 Å². The van der Waals surface area contributed by atoms with Gasteiger partial charge in [0, 0.05) is 13.1 Å². The largest absolute Gasteiger partial charge is 0.352 e. The summed E-state index contributed by atoms with van der Waals surface area (Å²) in [5.74, 6) is 0.0720. The molecule has 0 aromatic heterocycles.